The lowest BCUT2D eigenvalue weighted by atomic mass is 10.2. The van der Waals surface area contributed by atoms with Crippen LogP contribution in [-0.2, 0) is 4.79 Å². The van der Waals surface area contributed by atoms with E-state index in [1.54, 1.807) is 4.90 Å². The fourth-order valence-corrected chi connectivity index (χ4v) is 2.62. The molecule has 2 N–H and O–H groups in total. The smallest absolute Gasteiger partial charge is 0.315 e. The largest absolute Gasteiger partial charge is 0.347 e. The number of amides is 3. The third kappa shape index (κ3) is 4.37. The fourth-order valence-electron chi connectivity index (χ4n) is 2.62. The molecule has 1 heterocycles. The Morgan fingerprint density at radius 2 is 2.00 bits per heavy atom. The number of urea groups is 1. The topological polar surface area (TPSA) is 64.7 Å². The summed E-state index contributed by atoms with van der Waals surface area (Å²) in [4.78, 5) is 27.4. The van der Waals surface area contributed by atoms with Crippen LogP contribution in [0.15, 0.2) is 0 Å². The van der Waals surface area contributed by atoms with Gasteiger partial charge in [0.2, 0.25) is 5.91 Å². The van der Waals surface area contributed by atoms with Crippen LogP contribution in [0.3, 0.4) is 0 Å². The van der Waals surface area contributed by atoms with E-state index in [0.717, 1.165) is 45.2 Å². The average Bonchev–Trinajstić information content (AvgIpc) is 3.09. The van der Waals surface area contributed by atoms with Crippen molar-refractivity contribution < 1.29 is 9.59 Å². The monoisotopic (exact) mass is 282 g/mol. The fraction of sp³-hybridized carbons (Fsp3) is 0.857. The summed E-state index contributed by atoms with van der Waals surface area (Å²) >= 11 is 0. The van der Waals surface area contributed by atoms with Crippen molar-refractivity contribution in [2.75, 3.05) is 33.7 Å². The number of rotatable bonds is 6. The molecule has 0 aromatic carbocycles. The van der Waals surface area contributed by atoms with E-state index in [-0.39, 0.29) is 18.0 Å². The summed E-state index contributed by atoms with van der Waals surface area (Å²) in [5, 5.41) is 5.77. The maximum absolute atomic E-state index is 12.0. The van der Waals surface area contributed by atoms with Crippen LogP contribution in [0, 0.1) is 0 Å². The first-order valence-electron chi connectivity index (χ1n) is 7.57. The first kappa shape index (κ1) is 15.1. The summed E-state index contributed by atoms with van der Waals surface area (Å²) in [5.74, 6) is 0.196. The van der Waals surface area contributed by atoms with E-state index in [1.165, 1.54) is 0 Å². The Labute approximate surface area is 120 Å². The molecular formula is C14H26N4O2. The van der Waals surface area contributed by atoms with Crippen molar-refractivity contribution in [2.24, 2.45) is 0 Å². The first-order valence-corrected chi connectivity index (χ1v) is 7.57. The maximum Gasteiger partial charge on any atom is 0.315 e. The molecule has 0 bridgehead atoms. The number of nitrogens with zero attached hydrogens (tertiary/aromatic N) is 2. The minimum Gasteiger partial charge on any atom is -0.347 e. The Bertz CT molecular complexity index is 355. The van der Waals surface area contributed by atoms with E-state index in [1.807, 2.05) is 14.1 Å². The lowest BCUT2D eigenvalue weighted by molar-refractivity contribution is -0.133. The van der Waals surface area contributed by atoms with Crippen LogP contribution < -0.4 is 10.6 Å². The van der Waals surface area contributed by atoms with Gasteiger partial charge < -0.3 is 15.5 Å². The molecule has 1 aliphatic carbocycles. The van der Waals surface area contributed by atoms with Crippen LogP contribution in [0.1, 0.15) is 32.1 Å². The van der Waals surface area contributed by atoms with E-state index in [0.29, 0.717) is 12.6 Å². The molecule has 6 nitrogen and oxygen atoms in total. The summed E-state index contributed by atoms with van der Waals surface area (Å²) in [6.07, 6.45) is 5.13. The molecule has 2 aliphatic rings. The van der Waals surface area contributed by atoms with E-state index in [2.05, 4.69) is 15.5 Å². The second-order valence-corrected chi connectivity index (χ2v) is 5.95. The van der Waals surface area contributed by atoms with Gasteiger partial charge >= 0.3 is 6.03 Å². The molecule has 0 spiro atoms. The highest BCUT2D eigenvalue weighted by Gasteiger charge is 2.31. The Balaban J connectivity index is 1.62. The third-order valence-corrected chi connectivity index (χ3v) is 3.91. The highest BCUT2D eigenvalue weighted by Crippen LogP contribution is 2.19. The lowest BCUT2D eigenvalue weighted by Gasteiger charge is -2.26. The van der Waals surface area contributed by atoms with E-state index in [9.17, 15) is 9.59 Å². The molecule has 20 heavy (non-hydrogen) atoms. The second kappa shape index (κ2) is 6.92. The Morgan fingerprint density at radius 1 is 1.25 bits per heavy atom. The Morgan fingerprint density at radius 3 is 2.65 bits per heavy atom. The number of carbonyl (C=O) groups excluding carboxylic acids is 2. The zero-order chi connectivity index (χ0) is 14.5. The predicted octanol–water partition coefficient (Wildman–Crippen LogP) is 0.391. The quantitative estimate of drug-likeness (QED) is 0.693. The van der Waals surface area contributed by atoms with Gasteiger partial charge in [0.25, 0.3) is 0 Å². The van der Waals surface area contributed by atoms with Gasteiger partial charge in [-0.05, 0) is 38.6 Å². The molecule has 3 amide bonds. The van der Waals surface area contributed by atoms with Crippen molar-refractivity contribution in [1.29, 1.82) is 0 Å². The first-order chi connectivity index (χ1) is 9.58. The van der Waals surface area contributed by atoms with E-state index >= 15 is 0 Å². The van der Waals surface area contributed by atoms with Gasteiger partial charge in [-0.3, -0.25) is 9.69 Å². The molecule has 1 atom stereocenters. The predicted molar refractivity (Wildman–Crippen MR) is 77.5 cm³/mol. The van der Waals surface area contributed by atoms with Crippen molar-refractivity contribution in [2.45, 2.75) is 44.2 Å². The van der Waals surface area contributed by atoms with Crippen LogP contribution >= 0.6 is 0 Å². The molecule has 0 radical (unpaired) electrons. The van der Waals surface area contributed by atoms with Gasteiger partial charge in [0.15, 0.2) is 0 Å². The number of likely N-dealkylation sites (tertiary alicyclic amines) is 1. The van der Waals surface area contributed by atoms with Crippen LogP contribution in [0.4, 0.5) is 4.79 Å². The van der Waals surface area contributed by atoms with Gasteiger partial charge in [-0.1, -0.05) is 0 Å². The van der Waals surface area contributed by atoms with Gasteiger partial charge in [0.1, 0.15) is 0 Å². The molecule has 2 rings (SSSR count). The molecular weight excluding hydrogens is 256 g/mol. The minimum absolute atomic E-state index is 0.0327. The highest BCUT2D eigenvalue weighted by atomic mass is 16.2. The zero-order valence-electron chi connectivity index (χ0n) is 12.5. The van der Waals surface area contributed by atoms with Gasteiger partial charge in [-0.25, -0.2) is 4.79 Å². The Hall–Kier alpha value is -1.30. The number of carbonyl (C=O) groups is 2. The van der Waals surface area contributed by atoms with Crippen molar-refractivity contribution in [1.82, 2.24) is 20.4 Å². The second-order valence-electron chi connectivity index (χ2n) is 5.95. The van der Waals surface area contributed by atoms with Gasteiger partial charge in [0, 0.05) is 33.2 Å². The third-order valence-electron chi connectivity index (χ3n) is 3.91. The van der Waals surface area contributed by atoms with Crippen LogP contribution in [0.5, 0.6) is 0 Å². The normalized spacial score (nSPS) is 22.6. The summed E-state index contributed by atoms with van der Waals surface area (Å²) in [6, 6.07) is 0.371. The molecule has 6 heteroatoms. The van der Waals surface area contributed by atoms with Gasteiger partial charge in [-0.2, -0.15) is 0 Å². The summed E-state index contributed by atoms with van der Waals surface area (Å²) in [6.45, 7) is 2.52. The van der Waals surface area contributed by atoms with E-state index < -0.39 is 0 Å². The van der Waals surface area contributed by atoms with Crippen molar-refractivity contribution in [3.63, 3.8) is 0 Å². The van der Waals surface area contributed by atoms with E-state index in [4.69, 9.17) is 0 Å². The number of nitrogens with one attached hydrogen (secondary N) is 2. The molecule has 0 aromatic heterocycles. The van der Waals surface area contributed by atoms with Crippen molar-refractivity contribution >= 4 is 11.9 Å². The van der Waals surface area contributed by atoms with Crippen molar-refractivity contribution in [3.8, 4) is 0 Å². The molecule has 1 unspecified atom stereocenters. The number of likely N-dealkylation sites (N-methyl/N-ethyl adjacent to an activating group) is 1. The zero-order valence-corrected chi connectivity index (χ0v) is 12.5. The lowest BCUT2D eigenvalue weighted by Crippen LogP contribution is -2.44. The summed E-state index contributed by atoms with van der Waals surface area (Å²) in [7, 11) is 3.62. The van der Waals surface area contributed by atoms with Crippen LogP contribution in [0.2, 0.25) is 0 Å². The molecule has 114 valence electrons. The van der Waals surface area contributed by atoms with Gasteiger partial charge in [-0.15, -0.1) is 0 Å². The average molecular weight is 282 g/mol. The molecule has 1 saturated heterocycles. The van der Waals surface area contributed by atoms with Crippen LogP contribution in [0.25, 0.3) is 0 Å². The maximum atomic E-state index is 12.0. The molecule has 1 aliphatic heterocycles. The molecule has 0 aromatic rings. The minimum atomic E-state index is -0.0603. The SMILES string of the molecule is CN(C)C(=O)C1CCCN1CCCNC(=O)NC1CC1. The standard InChI is InChI=1S/C14H26N4O2/c1-17(2)13(19)12-5-3-9-18(12)10-4-8-15-14(20)16-11-6-7-11/h11-12H,3-10H2,1-2H3,(H2,15,16,20). The number of hydrogen-bond donors (Lipinski definition) is 2. The Kier molecular flexibility index (Phi) is 5.23. The highest BCUT2D eigenvalue weighted by molar-refractivity contribution is 5.81. The summed E-state index contributed by atoms with van der Waals surface area (Å²) in [5.41, 5.74) is 0. The van der Waals surface area contributed by atoms with Crippen LogP contribution in [-0.4, -0.2) is 67.6 Å². The summed E-state index contributed by atoms with van der Waals surface area (Å²) < 4.78 is 0. The van der Waals surface area contributed by atoms with Gasteiger partial charge in [0.05, 0.1) is 6.04 Å². The van der Waals surface area contributed by atoms with Crippen molar-refractivity contribution in [3.05, 3.63) is 0 Å². The number of hydrogen-bond acceptors (Lipinski definition) is 3. The molecule has 1 saturated carbocycles. The molecule has 2 fully saturated rings.